The summed E-state index contributed by atoms with van der Waals surface area (Å²) < 4.78 is 5.41. The third kappa shape index (κ3) is 2.87. The fourth-order valence-electron chi connectivity index (χ4n) is 3.52. The zero-order valence-corrected chi connectivity index (χ0v) is 13.2. The highest BCUT2D eigenvalue weighted by molar-refractivity contribution is 5.99. The lowest BCUT2D eigenvalue weighted by Crippen LogP contribution is -2.55. The number of amides is 1. The number of para-hydroxylation sites is 2. The minimum absolute atomic E-state index is 0. The first kappa shape index (κ1) is 16.1. The van der Waals surface area contributed by atoms with Gasteiger partial charge in [0.15, 0.2) is 0 Å². The summed E-state index contributed by atoms with van der Waals surface area (Å²) in [6.45, 7) is 2.64. The first-order valence-corrected chi connectivity index (χ1v) is 7.43. The van der Waals surface area contributed by atoms with E-state index < -0.39 is 0 Å². The van der Waals surface area contributed by atoms with Crippen LogP contribution in [0.15, 0.2) is 24.3 Å². The molecule has 4 nitrogen and oxygen atoms in total. The fourth-order valence-corrected chi connectivity index (χ4v) is 3.52. The molecule has 1 atom stereocenters. The number of hydrogen-bond acceptors (Lipinski definition) is 3. The van der Waals surface area contributed by atoms with Crippen LogP contribution in [0.3, 0.4) is 0 Å². The predicted molar refractivity (Wildman–Crippen MR) is 86.4 cm³/mol. The average molecular weight is 311 g/mol. The Balaban J connectivity index is 0.00000161. The van der Waals surface area contributed by atoms with E-state index in [4.69, 9.17) is 4.74 Å². The number of ether oxygens (including phenoxy) is 1. The van der Waals surface area contributed by atoms with Crippen LogP contribution in [0.2, 0.25) is 0 Å². The van der Waals surface area contributed by atoms with Crippen LogP contribution >= 0.6 is 12.4 Å². The molecule has 1 aromatic rings. The van der Waals surface area contributed by atoms with Gasteiger partial charge in [-0.1, -0.05) is 12.1 Å². The van der Waals surface area contributed by atoms with Crippen molar-refractivity contribution in [3.8, 4) is 5.75 Å². The quantitative estimate of drug-likeness (QED) is 0.913. The summed E-state index contributed by atoms with van der Waals surface area (Å²) in [6, 6.07) is 7.80. The molecule has 2 aliphatic heterocycles. The second kappa shape index (κ2) is 6.67. The van der Waals surface area contributed by atoms with E-state index in [1.165, 1.54) is 0 Å². The van der Waals surface area contributed by atoms with Crippen LogP contribution in [-0.4, -0.2) is 32.7 Å². The molecule has 0 radical (unpaired) electrons. The SMILES string of the molecule is COc1ccccc1N1CCCC2(CCCNC2)C1=O.Cl. The molecule has 1 spiro atoms. The van der Waals surface area contributed by atoms with Crippen LogP contribution in [-0.2, 0) is 4.79 Å². The van der Waals surface area contributed by atoms with Gasteiger partial charge in [-0.15, -0.1) is 12.4 Å². The maximum atomic E-state index is 13.0. The number of halogens is 1. The zero-order chi connectivity index (χ0) is 14.0. The number of piperidine rings is 2. The molecule has 1 N–H and O–H groups in total. The van der Waals surface area contributed by atoms with Crippen LogP contribution in [0.4, 0.5) is 5.69 Å². The van der Waals surface area contributed by atoms with Gasteiger partial charge in [-0.05, 0) is 44.4 Å². The lowest BCUT2D eigenvalue weighted by atomic mass is 9.73. The number of anilines is 1. The van der Waals surface area contributed by atoms with Crippen molar-refractivity contribution in [3.05, 3.63) is 24.3 Å². The van der Waals surface area contributed by atoms with Crippen molar-refractivity contribution in [3.63, 3.8) is 0 Å². The van der Waals surface area contributed by atoms with Crippen molar-refractivity contribution in [1.82, 2.24) is 5.32 Å². The summed E-state index contributed by atoms with van der Waals surface area (Å²) in [4.78, 5) is 14.9. The third-order valence-electron chi connectivity index (χ3n) is 4.58. The maximum absolute atomic E-state index is 13.0. The highest BCUT2D eigenvalue weighted by Gasteiger charge is 2.45. The zero-order valence-electron chi connectivity index (χ0n) is 12.4. The van der Waals surface area contributed by atoms with Gasteiger partial charge in [0.1, 0.15) is 5.75 Å². The summed E-state index contributed by atoms with van der Waals surface area (Å²) in [7, 11) is 1.66. The summed E-state index contributed by atoms with van der Waals surface area (Å²) >= 11 is 0. The average Bonchev–Trinajstić information content (AvgIpc) is 2.51. The molecule has 2 saturated heterocycles. The molecule has 1 amide bonds. The van der Waals surface area contributed by atoms with Crippen LogP contribution in [0.1, 0.15) is 25.7 Å². The molecular weight excluding hydrogens is 288 g/mol. The third-order valence-corrected chi connectivity index (χ3v) is 4.58. The van der Waals surface area contributed by atoms with Crippen molar-refractivity contribution in [1.29, 1.82) is 0 Å². The lowest BCUT2D eigenvalue weighted by Gasteiger charge is -2.44. The standard InChI is InChI=1S/C16H22N2O2.ClH/c1-20-14-7-3-2-6-13(14)18-11-5-9-16(15(18)19)8-4-10-17-12-16;/h2-3,6-7,17H,4-5,8-12H2,1H3;1H. The van der Waals surface area contributed by atoms with E-state index >= 15 is 0 Å². The molecule has 5 heteroatoms. The first-order chi connectivity index (χ1) is 9.77. The Labute approximate surface area is 132 Å². The normalized spacial score (nSPS) is 25.6. The number of hydrogen-bond donors (Lipinski definition) is 1. The maximum Gasteiger partial charge on any atom is 0.234 e. The molecule has 0 saturated carbocycles. The van der Waals surface area contributed by atoms with Crippen LogP contribution < -0.4 is 15.0 Å². The number of rotatable bonds is 2. The van der Waals surface area contributed by atoms with Crippen LogP contribution in [0.5, 0.6) is 5.75 Å². The Hall–Kier alpha value is -1.26. The molecule has 0 aliphatic carbocycles. The van der Waals surface area contributed by atoms with Gasteiger partial charge in [0.25, 0.3) is 0 Å². The summed E-state index contributed by atoms with van der Waals surface area (Å²) in [5.41, 5.74) is 0.710. The van der Waals surface area contributed by atoms with E-state index in [-0.39, 0.29) is 23.7 Å². The van der Waals surface area contributed by atoms with Gasteiger partial charge >= 0.3 is 0 Å². The second-order valence-corrected chi connectivity index (χ2v) is 5.79. The lowest BCUT2D eigenvalue weighted by molar-refractivity contribution is -0.131. The Bertz CT molecular complexity index is 495. The molecular formula is C16H23ClN2O2. The Morgan fingerprint density at radius 1 is 1.24 bits per heavy atom. The van der Waals surface area contributed by atoms with E-state index in [2.05, 4.69) is 5.32 Å². The predicted octanol–water partition coefficient (Wildman–Crippen LogP) is 2.61. The van der Waals surface area contributed by atoms with Gasteiger partial charge in [-0.25, -0.2) is 0 Å². The molecule has 2 fully saturated rings. The van der Waals surface area contributed by atoms with Crippen LogP contribution in [0, 0.1) is 5.41 Å². The summed E-state index contributed by atoms with van der Waals surface area (Å²) in [5.74, 6) is 1.04. The fraction of sp³-hybridized carbons (Fsp3) is 0.562. The highest BCUT2D eigenvalue weighted by Crippen LogP contribution is 2.40. The van der Waals surface area contributed by atoms with E-state index in [0.717, 1.165) is 56.8 Å². The number of benzene rings is 1. The highest BCUT2D eigenvalue weighted by atomic mass is 35.5. The van der Waals surface area contributed by atoms with Gasteiger partial charge in [0.2, 0.25) is 5.91 Å². The van der Waals surface area contributed by atoms with E-state index in [9.17, 15) is 4.79 Å². The molecule has 0 aromatic heterocycles. The van der Waals surface area contributed by atoms with Crippen molar-refractivity contribution >= 4 is 24.0 Å². The molecule has 1 aromatic carbocycles. The molecule has 1 unspecified atom stereocenters. The Morgan fingerprint density at radius 3 is 2.71 bits per heavy atom. The summed E-state index contributed by atoms with van der Waals surface area (Å²) in [5, 5.41) is 3.40. The smallest absolute Gasteiger partial charge is 0.234 e. The topological polar surface area (TPSA) is 41.6 Å². The van der Waals surface area contributed by atoms with Gasteiger partial charge in [0, 0.05) is 13.1 Å². The molecule has 21 heavy (non-hydrogen) atoms. The number of carbonyl (C=O) groups excluding carboxylic acids is 1. The van der Waals surface area contributed by atoms with Crippen molar-refractivity contribution in [2.45, 2.75) is 25.7 Å². The number of nitrogens with one attached hydrogen (secondary N) is 1. The minimum Gasteiger partial charge on any atom is -0.495 e. The molecule has 0 bridgehead atoms. The molecule has 116 valence electrons. The second-order valence-electron chi connectivity index (χ2n) is 5.79. The number of carbonyl (C=O) groups is 1. The van der Waals surface area contributed by atoms with Gasteiger partial charge < -0.3 is 15.0 Å². The van der Waals surface area contributed by atoms with E-state index in [0.29, 0.717) is 0 Å². The number of nitrogens with zero attached hydrogens (tertiary/aromatic N) is 1. The minimum atomic E-state index is -0.197. The van der Waals surface area contributed by atoms with Gasteiger partial charge in [-0.2, -0.15) is 0 Å². The molecule has 2 aliphatic rings. The largest absolute Gasteiger partial charge is 0.495 e. The Kier molecular flexibility index (Phi) is 5.12. The van der Waals surface area contributed by atoms with Crippen molar-refractivity contribution in [2.24, 2.45) is 5.41 Å². The molecule has 2 heterocycles. The molecule has 3 rings (SSSR count). The van der Waals surface area contributed by atoms with Crippen molar-refractivity contribution in [2.75, 3.05) is 31.6 Å². The van der Waals surface area contributed by atoms with Gasteiger partial charge in [0.05, 0.1) is 18.2 Å². The van der Waals surface area contributed by atoms with Crippen molar-refractivity contribution < 1.29 is 9.53 Å². The van der Waals surface area contributed by atoms with Crippen LogP contribution in [0.25, 0.3) is 0 Å². The van der Waals surface area contributed by atoms with E-state index in [1.807, 2.05) is 29.2 Å². The first-order valence-electron chi connectivity index (χ1n) is 7.43. The Morgan fingerprint density at radius 2 is 2.00 bits per heavy atom. The number of methoxy groups -OCH3 is 1. The van der Waals surface area contributed by atoms with Gasteiger partial charge in [-0.3, -0.25) is 4.79 Å². The van der Waals surface area contributed by atoms with E-state index in [1.54, 1.807) is 7.11 Å². The monoisotopic (exact) mass is 310 g/mol. The summed E-state index contributed by atoms with van der Waals surface area (Å²) in [6.07, 6.45) is 4.16.